The molecule has 0 unspecified atom stereocenters. The predicted octanol–water partition coefficient (Wildman–Crippen LogP) is 2.93. The van der Waals surface area contributed by atoms with E-state index in [4.69, 9.17) is 11.6 Å². The third kappa shape index (κ3) is 4.03. The molecule has 7 heteroatoms. The largest absolute Gasteiger partial charge is 0.312 e. The van der Waals surface area contributed by atoms with E-state index in [-0.39, 0.29) is 11.5 Å². The van der Waals surface area contributed by atoms with Gasteiger partial charge in [0.15, 0.2) is 0 Å². The zero-order valence-corrected chi connectivity index (χ0v) is 14.8. The maximum Gasteiger partial charge on any atom is 0.271 e. The third-order valence-electron chi connectivity index (χ3n) is 4.17. The summed E-state index contributed by atoms with van der Waals surface area (Å²) in [6.07, 6.45) is 2.44. The SMILES string of the molecule is O=C(NNC(=O)c1ccccc1Cl)c1ccc(N2CCCCC2=O)cc1. The predicted molar refractivity (Wildman–Crippen MR) is 99.0 cm³/mol. The van der Waals surface area contributed by atoms with Gasteiger partial charge in [-0.1, -0.05) is 23.7 Å². The lowest BCUT2D eigenvalue weighted by Gasteiger charge is -2.26. The number of carbonyl (C=O) groups is 3. The topological polar surface area (TPSA) is 78.5 Å². The number of benzene rings is 2. The Morgan fingerprint density at radius 1 is 0.923 bits per heavy atom. The number of amides is 3. The Hall–Kier alpha value is -2.86. The monoisotopic (exact) mass is 371 g/mol. The molecule has 1 fully saturated rings. The normalized spacial score (nSPS) is 14.0. The van der Waals surface area contributed by atoms with Gasteiger partial charge in [-0.25, -0.2) is 0 Å². The average molecular weight is 372 g/mol. The van der Waals surface area contributed by atoms with E-state index in [1.54, 1.807) is 53.4 Å². The van der Waals surface area contributed by atoms with Gasteiger partial charge in [0, 0.05) is 24.2 Å². The molecular formula is C19H18ClN3O3. The fourth-order valence-corrected chi connectivity index (χ4v) is 2.99. The van der Waals surface area contributed by atoms with Crippen LogP contribution in [0.2, 0.25) is 5.02 Å². The molecule has 2 aromatic rings. The zero-order chi connectivity index (χ0) is 18.5. The van der Waals surface area contributed by atoms with Crippen LogP contribution in [-0.2, 0) is 4.79 Å². The smallest absolute Gasteiger partial charge is 0.271 e. The van der Waals surface area contributed by atoms with Gasteiger partial charge in [-0.2, -0.15) is 0 Å². The van der Waals surface area contributed by atoms with Crippen LogP contribution in [0.1, 0.15) is 40.0 Å². The minimum Gasteiger partial charge on any atom is -0.312 e. The van der Waals surface area contributed by atoms with E-state index in [2.05, 4.69) is 10.9 Å². The molecule has 0 radical (unpaired) electrons. The van der Waals surface area contributed by atoms with Crippen LogP contribution in [0.25, 0.3) is 0 Å². The Labute approximate surface area is 156 Å². The highest BCUT2D eigenvalue weighted by atomic mass is 35.5. The van der Waals surface area contributed by atoms with Crippen molar-refractivity contribution >= 4 is 35.0 Å². The van der Waals surface area contributed by atoms with Crippen LogP contribution in [-0.4, -0.2) is 24.3 Å². The van der Waals surface area contributed by atoms with E-state index in [0.717, 1.165) is 18.5 Å². The van der Waals surface area contributed by atoms with Crippen molar-refractivity contribution in [1.82, 2.24) is 10.9 Å². The Balaban J connectivity index is 1.61. The van der Waals surface area contributed by atoms with Crippen LogP contribution in [0.15, 0.2) is 48.5 Å². The van der Waals surface area contributed by atoms with Crippen LogP contribution in [0.4, 0.5) is 5.69 Å². The van der Waals surface area contributed by atoms with E-state index in [9.17, 15) is 14.4 Å². The van der Waals surface area contributed by atoms with Gasteiger partial charge in [0.2, 0.25) is 5.91 Å². The second kappa shape index (κ2) is 8.01. The van der Waals surface area contributed by atoms with Gasteiger partial charge in [-0.15, -0.1) is 0 Å². The van der Waals surface area contributed by atoms with Crippen molar-refractivity contribution < 1.29 is 14.4 Å². The fraction of sp³-hybridized carbons (Fsp3) is 0.211. The lowest BCUT2D eigenvalue weighted by Crippen LogP contribution is -2.41. The molecule has 3 rings (SSSR count). The van der Waals surface area contributed by atoms with Crippen molar-refractivity contribution in [2.45, 2.75) is 19.3 Å². The Morgan fingerprint density at radius 3 is 2.31 bits per heavy atom. The molecule has 134 valence electrons. The maximum absolute atomic E-state index is 12.2. The second-order valence-electron chi connectivity index (χ2n) is 5.94. The Kier molecular flexibility index (Phi) is 5.53. The summed E-state index contributed by atoms with van der Waals surface area (Å²) in [5.41, 5.74) is 6.10. The van der Waals surface area contributed by atoms with Crippen LogP contribution in [0, 0.1) is 0 Å². The molecule has 2 aromatic carbocycles. The highest BCUT2D eigenvalue weighted by molar-refractivity contribution is 6.33. The molecule has 0 spiro atoms. The molecule has 0 bridgehead atoms. The van der Waals surface area contributed by atoms with E-state index in [1.165, 1.54) is 0 Å². The fourth-order valence-electron chi connectivity index (χ4n) is 2.77. The maximum atomic E-state index is 12.2. The van der Waals surface area contributed by atoms with E-state index in [0.29, 0.717) is 23.6 Å². The summed E-state index contributed by atoms with van der Waals surface area (Å²) in [5.74, 6) is -0.859. The van der Waals surface area contributed by atoms with Gasteiger partial charge in [0.1, 0.15) is 0 Å². The molecule has 0 aliphatic carbocycles. The van der Waals surface area contributed by atoms with E-state index in [1.807, 2.05) is 0 Å². The van der Waals surface area contributed by atoms with Crippen molar-refractivity contribution in [3.05, 3.63) is 64.7 Å². The molecule has 3 amide bonds. The van der Waals surface area contributed by atoms with Crippen LogP contribution in [0.3, 0.4) is 0 Å². The summed E-state index contributed by atoms with van der Waals surface area (Å²) >= 11 is 5.95. The first-order valence-corrected chi connectivity index (χ1v) is 8.70. The molecule has 1 aliphatic heterocycles. The highest BCUT2D eigenvalue weighted by Gasteiger charge is 2.19. The van der Waals surface area contributed by atoms with Crippen molar-refractivity contribution in [3.63, 3.8) is 0 Å². The lowest BCUT2D eigenvalue weighted by molar-refractivity contribution is -0.119. The summed E-state index contributed by atoms with van der Waals surface area (Å²) in [4.78, 5) is 37.9. The van der Waals surface area contributed by atoms with Crippen molar-refractivity contribution in [2.24, 2.45) is 0 Å². The summed E-state index contributed by atoms with van der Waals surface area (Å²) in [6.45, 7) is 0.693. The summed E-state index contributed by atoms with van der Waals surface area (Å²) in [7, 11) is 0. The minimum absolute atomic E-state index is 0.0976. The van der Waals surface area contributed by atoms with Crippen molar-refractivity contribution in [2.75, 3.05) is 11.4 Å². The number of rotatable bonds is 3. The first kappa shape index (κ1) is 17.9. The van der Waals surface area contributed by atoms with Gasteiger partial charge >= 0.3 is 0 Å². The van der Waals surface area contributed by atoms with Gasteiger partial charge < -0.3 is 4.90 Å². The van der Waals surface area contributed by atoms with Crippen LogP contribution < -0.4 is 15.8 Å². The number of nitrogens with one attached hydrogen (secondary N) is 2. The summed E-state index contributed by atoms with van der Waals surface area (Å²) in [5, 5.41) is 0.301. The molecule has 0 saturated carbocycles. The van der Waals surface area contributed by atoms with Crippen LogP contribution >= 0.6 is 11.6 Å². The molecular weight excluding hydrogens is 354 g/mol. The zero-order valence-electron chi connectivity index (χ0n) is 14.0. The van der Waals surface area contributed by atoms with Gasteiger partial charge in [-0.05, 0) is 49.2 Å². The number of anilines is 1. The van der Waals surface area contributed by atoms with Crippen molar-refractivity contribution in [1.29, 1.82) is 0 Å². The molecule has 1 heterocycles. The van der Waals surface area contributed by atoms with Gasteiger partial charge in [0.05, 0.1) is 10.6 Å². The number of halogens is 1. The number of hydrazine groups is 1. The van der Waals surface area contributed by atoms with Crippen molar-refractivity contribution in [3.8, 4) is 0 Å². The molecule has 6 nitrogen and oxygen atoms in total. The summed E-state index contributed by atoms with van der Waals surface area (Å²) < 4.78 is 0. The minimum atomic E-state index is -0.500. The first-order valence-electron chi connectivity index (χ1n) is 8.32. The number of piperidine rings is 1. The highest BCUT2D eigenvalue weighted by Crippen LogP contribution is 2.21. The molecule has 1 aliphatic rings. The second-order valence-corrected chi connectivity index (χ2v) is 6.34. The molecule has 0 aromatic heterocycles. The third-order valence-corrected chi connectivity index (χ3v) is 4.50. The molecule has 0 atom stereocenters. The Bertz CT molecular complexity index is 836. The summed E-state index contributed by atoms with van der Waals surface area (Å²) in [6, 6.07) is 13.3. The number of nitrogens with zero attached hydrogens (tertiary/aromatic N) is 1. The molecule has 1 saturated heterocycles. The lowest BCUT2D eigenvalue weighted by atomic mass is 10.1. The quantitative estimate of drug-likeness (QED) is 0.814. The number of hydrogen-bond acceptors (Lipinski definition) is 3. The van der Waals surface area contributed by atoms with E-state index < -0.39 is 11.8 Å². The van der Waals surface area contributed by atoms with E-state index >= 15 is 0 Å². The van der Waals surface area contributed by atoms with Gasteiger partial charge in [-0.3, -0.25) is 25.2 Å². The number of carbonyl (C=O) groups excluding carboxylic acids is 3. The first-order chi connectivity index (χ1) is 12.6. The average Bonchev–Trinajstić information content (AvgIpc) is 2.67. The molecule has 2 N–H and O–H groups in total. The van der Waals surface area contributed by atoms with Gasteiger partial charge in [0.25, 0.3) is 11.8 Å². The Morgan fingerprint density at radius 2 is 1.62 bits per heavy atom. The standard InChI is InChI=1S/C19H18ClN3O3/c20-16-6-2-1-5-15(16)19(26)22-21-18(25)13-8-10-14(11-9-13)23-12-4-3-7-17(23)24/h1-2,5-6,8-11H,3-4,7,12H2,(H,21,25)(H,22,26). The number of hydrogen-bond donors (Lipinski definition) is 2. The van der Waals surface area contributed by atoms with Crippen LogP contribution in [0.5, 0.6) is 0 Å². The molecule has 26 heavy (non-hydrogen) atoms.